The Morgan fingerprint density at radius 1 is 1.05 bits per heavy atom. The Hall–Kier alpha value is -2.62. The number of ketones is 1. The molecule has 0 aliphatic heterocycles. The van der Waals surface area contributed by atoms with Gasteiger partial charge in [-0.2, -0.15) is 0 Å². The fraction of sp³-hybridized carbons (Fsp3) is 0.125. The van der Waals surface area contributed by atoms with Crippen LogP contribution >= 0.6 is 0 Å². The summed E-state index contributed by atoms with van der Waals surface area (Å²) in [4.78, 5) is 23.6. The molecule has 0 aromatic heterocycles. The van der Waals surface area contributed by atoms with E-state index in [1.807, 2.05) is 6.92 Å². The third-order valence-electron chi connectivity index (χ3n) is 3.06. The first-order valence-corrected chi connectivity index (χ1v) is 6.06. The van der Waals surface area contributed by atoms with Crippen molar-refractivity contribution in [1.29, 1.82) is 0 Å². The molecule has 0 fully saturated rings. The third kappa shape index (κ3) is 2.54. The summed E-state index contributed by atoms with van der Waals surface area (Å²) in [6, 6.07) is 11.2. The highest BCUT2D eigenvalue weighted by molar-refractivity contribution is 6.14. The second-order valence-corrected chi connectivity index (χ2v) is 4.36. The van der Waals surface area contributed by atoms with Crippen LogP contribution in [0.3, 0.4) is 0 Å². The second-order valence-electron chi connectivity index (χ2n) is 4.36. The first-order valence-electron chi connectivity index (χ1n) is 6.06. The zero-order chi connectivity index (χ0) is 14.7. The molecule has 0 atom stereocenters. The Bertz CT molecular complexity index is 674. The summed E-state index contributed by atoms with van der Waals surface area (Å²) in [5.41, 5.74) is 1.46. The molecule has 0 bridgehead atoms. The lowest BCUT2D eigenvalue weighted by molar-refractivity contribution is 0.0693. The number of rotatable bonds is 4. The van der Waals surface area contributed by atoms with Gasteiger partial charge in [-0.05, 0) is 36.8 Å². The molecule has 0 radical (unpaired) electrons. The zero-order valence-corrected chi connectivity index (χ0v) is 11.2. The lowest BCUT2D eigenvalue weighted by Gasteiger charge is -2.08. The number of hydrogen-bond donors (Lipinski definition) is 1. The average Bonchev–Trinajstić information content (AvgIpc) is 2.46. The van der Waals surface area contributed by atoms with Gasteiger partial charge in [0, 0.05) is 11.1 Å². The van der Waals surface area contributed by atoms with Gasteiger partial charge in [-0.1, -0.05) is 18.2 Å². The van der Waals surface area contributed by atoms with Crippen LogP contribution in [-0.2, 0) is 0 Å². The number of ether oxygens (including phenoxy) is 1. The number of carboxylic acids is 1. The minimum atomic E-state index is -1.11. The van der Waals surface area contributed by atoms with Gasteiger partial charge in [-0.3, -0.25) is 4.79 Å². The van der Waals surface area contributed by atoms with Crippen LogP contribution in [-0.4, -0.2) is 24.0 Å². The minimum absolute atomic E-state index is 0.00553. The van der Waals surface area contributed by atoms with Crippen molar-refractivity contribution in [3.05, 3.63) is 64.7 Å². The highest BCUT2D eigenvalue weighted by Gasteiger charge is 2.17. The number of hydrogen-bond acceptors (Lipinski definition) is 3. The molecule has 0 spiro atoms. The van der Waals surface area contributed by atoms with E-state index in [2.05, 4.69) is 0 Å². The van der Waals surface area contributed by atoms with Crippen LogP contribution < -0.4 is 4.74 Å². The summed E-state index contributed by atoms with van der Waals surface area (Å²) in [5, 5.41) is 9.13. The maximum atomic E-state index is 12.4. The fourth-order valence-electron chi connectivity index (χ4n) is 2.04. The van der Waals surface area contributed by atoms with Crippen molar-refractivity contribution >= 4 is 11.8 Å². The third-order valence-corrected chi connectivity index (χ3v) is 3.06. The molecule has 0 saturated carbocycles. The molecule has 4 heteroatoms. The summed E-state index contributed by atoms with van der Waals surface area (Å²) >= 11 is 0. The maximum Gasteiger partial charge on any atom is 0.336 e. The molecule has 1 N–H and O–H groups in total. The van der Waals surface area contributed by atoms with Gasteiger partial charge in [0.2, 0.25) is 0 Å². The van der Waals surface area contributed by atoms with Crippen molar-refractivity contribution in [2.45, 2.75) is 6.92 Å². The van der Waals surface area contributed by atoms with E-state index in [1.165, 1.54) is 12.1 Å². The summed E-state index contributed by atoms with van der Waals surface area (Å²) < 4.78 is 5.14. The predicted molar refractivity (Wildman–Crippen MR) is 74.6 cm³/mol. The van der Waals surface area contributed by atoms with Crippen molar-refractivity contribution in [3.63, 3.8) is 0 Å². The SMILES string of the molecule is COc1ccc(C(=O)c2ccccc2C(=O)O)cc1C. The molecule has 2 aromatic carbocycles. The van der Waals surface area contributed by atoms with Crippen molar-refractivity contribution in [2.24, 2.45) is 0 Å². The van der Waals surface area contributed by atoms with E-state index in [1.54, 1.807) is 37.4 Å². The van der Waals surface area contributed by atoms with Gasteiger partial charge in [0.25, 0.3) is 0 Å². The number of carbonyl (C=O) groups is 2. The molecule has 0 amide bonds. The molecule has 102 valence electrons. The van der Waals surface area contributed by atoms with E-state index >= 15 is 0 Å². The van der Waals surface area contributed by atoms with E-state index in [-0.39, 0.29) is 16.9 Å². The number of aromatic carboxylic acids is 1. The average molecular weight is 270 g/mol. The zero-order valence-electron chi connectivity index (χ0n) is 11.2. The van der Waals surface area contributed by atoms with Crippen LogP contribution in [0.2, 0.25) is 0 Å². The number of benzene rings is 2. The number of aryl methyl sites for hydroxylation is 1. The van der Waals surface area contributed by atoms with Crippen LogP contribution in [0.1, 0.15) is 31.8 Å². The molecule has 4 nitrogen and oxygen atoms in total. The molecular weight excluding hydrogens is 256 g/mol. The van der Waals surface area contributed by atoms with Crippen LogP contribution in [0.5, 0.6) is 5.75 Å². The van der Waals surface area contributed by atoms with Crippen molar-refractivity contribution in [3.8, 4) is 5.75 Å². The van der Waals surface area contributed by atoms with Gasteiger partial charge in [-0.15, -0.1) is 0 Å². The van der Waals surface area contributed by atoms with Crippen LogP contribution in [0.25, 0.3) is 0 Å². The highest BCUT2D eigenvalue weighted by atomic mass is 16.5. The van der Waals surface area contributed by atoms with Crippen molar-refractivity contribution in [2.75, 3.05) is 7.11 Å². The molecule has 0 heterocycles. The Morgan fingerprint density at radius 3 is 2.25 bits per heavy atom. The molecular formula is C16H14O4. The second kappa shape index (κ2) is 5.57. The maximum absolute atomic E-state index is 12.4. The minimum Gasteiger partial charge on any atom is -0.496 e. The quantitative estimate of drug-likeness (QED) is 0.867. The van der Waals surface area contributed by atoms with Crippen molar-refractivity contribution in [1.82, 2.24) is 0 Å². The lowest BCUT2D eigenvalue weighted by atomic mass is 9.97. The van der Waals surface area contributed by atoms with E-state index in [9.17, 15) is 9.59 Å². The number of carbonyl (C=O) groups excluding carboxylic acids is 1. The van der Waals surface area contributed by atoms with Gasteiger partial charge >= 0.3 is 5.97 Å². The molecule has 0 aliphatic rings. The van der Waals surface area contributed by atoms with E-state index in [0.29, 0.717) is 11.3 Å². The van der Waals surface area contributed by atoms with Gasteiger partial charge < -0.3 is 9.84 Å². The molecule has 2 aromatic rings. The lowest BCUT2D eigenvalue weighted by Crippen LogP contribution is -2.09. The Balaban J connectivity index is 2.47. The van der Waals surface area contributed by atoms with E-state index in [0.717, 1.165) is 5.56 Å². The molecule has 0 aliphatic carbocycles. The van der Waals surface area contributed by atoms with Crippen molar-refractivity contribution < 1.29 is 19.4 Å². The van der Waals surface area contributed by atoms with Gasteiger partial charge in [-0.25, -0.2) is 4.79 Å². The Labute approximate surface area is 116 Å². The monoisotopic (exact) mass is 270 g/mol. The smallest absolute Gasteiger partial charge is 0.336 e. The summed E-state index contributed by atoms with van der Waals surface area (Å²) in [6.07, 6.45) is 0. The fourth-order valence-corrected chi connectivity index (χ4v) is 2.04. The van der Waals surface area contributed by atoms with Gasteiger partial charge in [0.15, 0.2) is 5.78 Å². The first-order chi connectivity index (χ1) is 9.54. The molecule has 0 unspecified atom stereocenters. The van der Waals surface area contributed by atoms with Gasteiger partial charge in [0.05, 0.1) is 12.7 Å². The topological polar surface area (TPSA) is 63.6 Å². The number of carboxylic acid groups (broad SMARTS) is 1. The Morgan fingerprint density at radius 2 is 1.70 bits per heavy atom. The van der Waals surface area contributed by atoms with E-state index in [4.69, 9.17) is 9.84 Å². The van der Waals surface area contributed by atoms with Crippen LogP contribution in [0.4, 0.5) is 0 Å². The van der Waals surface area contributed by atoms with Crippen LogP contribution in [0, 0.1) is 6.92 Å². The Kier molecular flexibility index (Phi) is 3.84. The standard InChI is InChI=1S/C16H14O4/c1-10-9-11(7-8-14(10)20-2)15(17)12-5-3-4-6-13(12)16(18)19/h3-9H,1-2H3,(H,18,19). The normalized spacial score (nSPS) is 10.1. The first kappa shape index (κ1) is 13.8. The molecule has 0 saturated heterocycles. The summed E-state index contributed by atoms with van der Waals surface area (Å²) in [5.74, 6) is -0.735. The summed E-state index contributed by atoms with van der Waals surface area (Å²) in [6.45, 7) is 1.83. The predicted octanol–water partition coefficient (Wildman–Crippen LogP) is 2.93. The number of methoxy groups -OCH3 is 1. The highest BCUT2D eigenvalue weighted by Crippen LogP contribution is 2.21. The van der Waals surface area contributed by atoms with Gasteiger partial charge in [0.1, 0.15) is 5.75 Å². The van der Waals surface area contributed by atoms with Crippen LogP contribution in [0.15, 0.2) is 42.5 Å². The molecule has 20 heavy (non-hydrogen) atoms. The summed E-state index contributed by atoms with van der Waals surface area (Å²) in [7, 11) is 1.56. The molecule has 2 rings (SSSR count). The largest absolute Gasteiger partial charge is 0.496 e. The van der Waals surface area contributed by atoms with E-state index < -0.39 is 5.97 Å².